The standard InChI is InChI=1S/C10H8BrNO2/c1-6-4-7-5-8(11)2-3-9(7)12(6)10(13)14/h2-5H,1H3,(H,13,14). The molecule has 0 saturated heterocycles. The zero-order valence-corrected chi connectivity index (χ0v) is 9.08. The van der Waals surface area contributed by atoms with Crippen LogP contribution in [0.4, 0.5) is 4.79 Å². The van der Waals surface area contributed by atoms with Gasteiger partial charge in [-0.3, -0.25) is 4.57 Å². The molecule has 0 radical (unpaired) electrons. The Morgan fingerprint density at radius 2 is 2.14 bits per heavy atom. The van der Waals surface area contributed by atoms with Crippen molar-refractivity contribution in [3.05, 3.63) is 34.4 Å². The van der Waals surface area contributed by atoms with E-state index in [1.165, 1.54) is 4.57 Å². The molecule has 0 atom stereocenters. The first-order valence-corrected chi connectivity index (χ1v) is 4.90. The van der Waals surface area contributed by atoms with Gasteiger partial charge in [-0.25, -0.2) is 4.79 Å². The van der Waals surface area contributed by atoms with E-state index in [-0.39, 0.29) is 0 Å². The first kappa shape index (κ1) is 9.27. The average Bonchev–Trinajstić information content (AvgIpc) is 2.39. The Labute approximate surface area is 89.1 Å². The summed E-state index contributed by atoms with van der Waals surface area (Å²) < 4.78 is 2.23. The van der Waals surface area contributed by atoms with Crippen LogP contribution in [-0.2, 0) is 0 Å². The largest absolute Gasteiger partial charge is 0.464 e. The van der Waals surface area contributed by atoms with E-state index in [4.69, 9.17) is 5.11 Å². The predicted octanol–water partition coefficient (Wildman–Crippen LogP) is 3.24. The maximum absolute atomic E-state index is 10.9. The maximum Gasteiger partial charge on any atom is 0.416 e. The van der Waals surface area contributed by atoms with Gasteiger partial charge in [-0.2, -0.15) is 0 Å². The molecule has 2 aromatic rings. The molecule has 0 spiro atoms. The first-order valence-electron chi connectivity index (χ1n) is 4.10. The fourth-order valence-electron chi connectivity index (χ4n) is 1.58. The van der Waals surface area contributed by atoms with Gasteiger partial charge in [-0.1, -0.05) is 15.9 Å². The first-order chi connectivity index (χ1) is 6.59. The van der Waals surface area contributed by atoms with E-state index in [2.05, 4.69) is 15.9 Å². The highest BCUT2D eigenvalue weighted by atomic mass is 79.9. The molecular weight excluding hydrogens is 246 g/mol. The SMILES string of the molecule is Cc1cc2cc(Br)ccc2n1C(=O)O. The topological polar surface area (TPSA) is 42.2 Å². The molecule has 2 rings (SSSR count). The average molecular weight is 254 g/mol. The Morgan fingerprint density at radius 1 is 1.43 bits per heavy atom. The Bertz CT molecular complexity index is 516. The zero-order valence-electron chi connectivity index (χ0n) is 7.49. The Kier molecular flexibility index (Phi) is 2.07. The summed E-state index contributed by atoms with van der Waals surface area (Å²) in [7, 11) is 0. The third-order valence-electron chi connectivity index (χ3n) is 2.14. The summed E-state index contributed by atoms with van der Waals surface area (Å²) in [4.78, 5) is 10.9. The molecule has 0 bridgehead atoms. The van der Waals surface area contributed by atoms with Crippen molar-refractivity contribution in [3.63, 3.8) is 0 Å². The number of halogens is 1. The number of nitrogens with zero attached hydrogens (tertiary/aromatic N) is 1. The third-order valence-corrected chi connectivity index (χ3v) is 2.63. The molecule has 0 aliphatic rings. The van der Waals surface area contributed by atoms with Gasteiger partial charge in [0.1, 0.15) is 0 Å². The minimum absolute atomic E-state index is 0.721. The van der Waals surface area contributed by atoms with Gasteiger partial charge in [-0.05, 0) is 31.2 Å². The van der Waals surface area contributed by atoms with Crippen molar-refractivity contribution in [2.24, 2.45) is 0 Å². The van der Waals surface area contributed by atoms with Crippen molar-refractivity contribution in [2.75, 3.05) is 0 Å². The molecule has 4 heteroatoms. The summed E-state index contributed by atoms with van der Waals surface area (Å²) in [5.74, 6) is 0. The highest BCUT2D eigenvalue weighted by Crippen LogP contribution is 2.23. The number of hydrogen-bond donors (Lipinski definition) is 1. The maximum atomic E-state index is 10.9. The van der Waals surface area contributed by atoms with Crippen LogP contribution in [0.1, 0.15) is 5.69 Å². The second-order valence-corrected chi connectivity index (χ2v) is 4.02. The molecule has 72 valence electrons. The second-order valence-electron chi connectivity index (χ2n) is 3.11. The summed E-state index contributed by atoms with van der Waals surface area (Å²) in [6, 6.07) is 7.39. The van der Waals surface area contributed by atoms with Crippen molar-refractivity contribution in [3.8, 4) is 0 Å². The molecule has 0 fully saturated rings. The highest BCUT2D eigenvalue weighted by Gasteiger charge is 2.10. The van der Waals surface area contributed by atoms with Crippen LogP contribution in [0.2, 0.25) is 0 Å². The lowest BCUT2D eigenvalue weighted by atomic mass is 10.2. The van der Waals surface area contributed by atoms with E-state index in [0.29, 0.717) is 0 Å². The smallest absolute Gasteiger partial charge is 0.416 e. The van der Waals surface area contributed by atoms with Gasteiger partial charge >= 0.3 is 6.09 Å². The molecule has 14 heavy (non-hydrogen) atoms. The molecule has 1 heterocycles. The van der Waals surface area contributed by atoms with Crippen molar-refractivity contribution < 1.29 is 9.90 Å². The number of fused-ring (bicyclic) bond motifs is 1. The fraction of sp³-hybridized carbons (Fsp3) is 0.100. The van der Waals surface area contributed by atoms with Crippen LogP contribution in [0.3, 0.4) is 0 Å². The number of hydrogen-bond acceptors (Lipinski definition) is 1. The minimum atomic E-state index is -0.945. The number of aryl methyl sites for hydroxylation is 1. The van der Waals surface area contributed by atoms with Gasteiger partial charge in [-0.15, -0.1) is 0 Å². The Hall–Kier alpha value is -1.29. The highest BCUT2D eigenvalue weighted by molar-refractivity contribution is 9.10. The second kappa shape index (κ2) is 3.13. The van der Waals surface area contributed by atoms with E-state index in [0.717, 1.165) is 21.1 Å². The number of benzene rings is 1. The fourth-order valence-corrected chi connectivity index (χ4v) is 1.96. The quantitative estimate of drug-likeness (QED) is 0.784. The molecule has 1 N–H and O–H groups in total. The normalized spacial score (nSPS) is 10.7. The summed E-state index contributed by atoms with van der Waals surface area (Å²) in [5.41, 5.74) is 1.45. The van der Waals surface area contributed by atoms with Crippen LogP contribution in [0, 0.1) is 6.92 Å². The van der Waals surface area contributed by atoms with Crippen LogP contribution >= 0.6 is 15.9 Å². The van der Waals surface area contributed by atoms with E-state index in [1.807, 2.05) is 18.2 Å². The lowest BCUT2D eigenvalue weighted by molar-refractivity contribution is 0.197. The molecule has 0 saturated carbocycles. The summed E-state index contributed by atoms with van der Waals surface area (Å²) >= 11 is 3.35. The zero-order chi connectivity index (χ0) is 10.3. The molecule has 0 unspecified atom stereocenters. The monoisotopic (exact) mass is 253 g/mol. The van der Waals surface area contributed by atoms with Crippen LogP contribution < -0.4 is 0 Å². The lowest BCUT2D eigenvalue weighted by Gasteiger charge is -1.99. The van der Waals surface area contributed by atoms with Gasteiger partial charge in [0.2, 0.25) is 0 Å². The predicted molar refractivity (Wildman–Crippen MR) is 57.8 cm³/mol. The van der Waals surface area contributed by atoms with Crippen LogP contribution in [0.25, 0.3) is 10.9 Å². The van der Waals surface area contributed by atoms with Crippen LogP contribution in [0.5, 0.6) is 0 Å². The van der Waals surface area contributed by atoms with E-state index in [1.54, 1.807) is 13.0 Å². The van der Waals surface area contributed by atoms with E-state index in [9.17, 15) is 4.79 Å². The van der Waals surface area contributed by atoms with Crippen molar-refractivity contribution in [2.45, 2.75) is 6.92 Å². The minimum Gasteiger partial charge on any atom is -0.464 e. The summed E-state index contributed by atoms with van der Waals surface area (Å²) in [6.45, 7) is 1.78. The number of carboxylic acid groups (broad SMARTS) is 1. The Morgan fingerprint density at radius 3 is 2.79 bits per heavy atom. The molecular formula is C10H8BrNO2. The molecule has 0 amide bonds. The van der Waals surface area contributed by atoms with E-state index < -0.39 is 6.09 Å². The molecule has 3 nitrogen and oxygen atoms in total. The van der Waals surface area contributed by atoms with Gasteiger partial charge in [0.05, 0.1) is 5.52 Å². The van der Waals surface area contributed by atoms with Gasteiger partial charge < -0.3 is 5.11 Å². The van der Waals surface area contributed by atoms with Crippen molar-refractivity contribution in [1.82, 2.24) is 4.57 Å². The molecule has 0 aliphatic carbocycles. The molecule has 1 aromatic carbocycles. The van der Waals surface area contributed by atoms with Crippen molar-refractivity contribution >= 4 is 32.9 Å². The number of rotatable bonds is 0. The number of aromatic nitrogens is 1. The molecule has 0 aliphatic heterocycles. The van der Waals surface area contributed by atoms with Crippen molar-refractivity contribution in [1.29, 1.82) is 0 Å². The Balaban J connectivity index is 2.84. The summed E-state index contributed by atoms with van der Waals surface area (Å²) in [6.07, 6.45) is -0.945. The third kappa shape index (κ3) is 1.32. The van der Waals surface area contributed by atoms with Gasteiger partial charge in [0, 0.05) is 15.6 Å². The molecule has 1 aromatic heterocycles. The van der Waals surface area contributed by atoms with E-state index >= 15 is 0 Å². The van der Waals surface area contributed by atoms with Crippen LogP contribution in [0.15, 0.2) is 28.7 Å². The van der Waals surface area contributed by atoms with Crippen LogP contribution in [-0.4, -0.2) is 15.8 Å². The summed E-state index contributed by atoms with van der Waals surface area (Å²) in [5, 5.41) is 9.90. The van der Waals surface area contributed by atoms with Gasteiger partial charge in [0.15, 0.2) is 0 Å². The number of carbonyl (C=O) groups is 1. The lowest BCUT2D eigenvalue weighted by Crippen LogP contribution is -2.08. The van der Waals surface area contributed by atoms with Gasteiger partial charge in [0.25, 0.3) is 0 Å².